The van der Waals surface area contributed by atoms with Crippen molar-refractivity contribution in [3.63, 3.8) is 0 Å². The molecule has 96 valence electrons. The zero-order valence-electron chi connectivity index (χ0n) is 9.60. The number of halogens is 1. The molecule has 0 radical (unpaired) electrons. The topological polar surface area (TPSA) is 69.4 Å². The molecule has 0 saturated carbocycles. The fourth-order valence-corrected chi connectivity index (χ4v) is 2.20. The summed E-state index contributed by atoms with van der Waals surface area (Å²) in [5.41, 5.74) is 0.695. The molecule has 6 heteroatoms. The summed E-state index contributed by atoms with van der Waals surface area (Å²) in [6.07, 6.45) is 0.894. The van der Waals surface area contributed by atoms with Gasteiger partial charge < -0.3 is 4.74 Å². The number of Topliss-reactive ketones (excluding diaryl/α,β-unsaturated/α-hetero) is 1. The number of carbonyl (C=O) groups is 1. The van der Waals surface area contributed by atoms with E-state index in [0.29, 0.717) is 31.1 Å². The van der Waals surface area contributed by atoms with Crippen LogP contribution in [0.5, 0.6) is 0 Å². The van der Waals surface area contributed by atoms with E-state index in [4.69, 9.17) is 16.3 Å². The normalized spacial score (nSPS) is 19.8. The van der Waals surface area contributed by atoms with Crippen LogP contribution < -0.4 is 0 Å². The van der Waals surface area contributed by atoms with Gasteiger partial charge in [0.15, 0.2) is 0 Å². The number of nitro benzene ring substituents is 1. The second-order valence-electron chi connectivity index (χ2n) is 4.23. The molecule has 18 heavy (non-hydrogen) atoms. The molecule has 0 aromatic heterocycles. The van der Waals surface area contributed by atoms with Gasteiger partial charge in [-0.2, -0.15) is 0 Å². The van der Waals surface area contributed by atoms with Crippen molar-refractivity contribution in [2.75, 3.05) is 13.2 Å². The van der Waals surface area contributed by atoms with Gasteiger partial charge >= 0.3 is 0 Å². The molecule has 1 heterocycles. The first kappa shape index (κ1) is 13.0. The molecule has 0 N–H and O–H groups in total. The molecular formula is C12H12ClNO4. The number of rotatable bonds is 3. The Labute approximate surface area is 109 Å². The standard InChI is InChI=1S/C12H12ClNO4/c13-11-6-10(14(16)17)2-1-8(11)5-9-7-18-4-3-12(9)15/h1-2,6,9H,3-5,7H2. The Hall–Kier alpha value is -1.46. The van der Waals surface area contributed by atoms with Gasteiger partial charge in [-0.05, 0) is 12.0 Å². The van der Waals surface area contributed by atoms with Crippen molar-refractivity contribution in [2.24, 2.45) is 5.92 Å². The second-order valence-corrected chi connectivity index (χ2v) is 4.63. The average molecular weight is 270 g/mol. The van der Waals surface area contributed by atoms with Gasteiger partial charge in [-0.3, -0.25) is 14.9 Å². The SMILES string of the molecule is O=C1CCOCC1Cc1ccc([N+](=O)[O-])cc1Cl. The predicted molar refractivity (Wildman–Crippen MR) is 65.7 cm³/mol. The molecule has 0 aliphatic carbocycles. The summed E-state index contributed by atoms with van der Waals surface area (Å²) in [4.78, 5) is 21.7. The van der Waals surface area contributed by atoms with E-state index in [1.807, 2.05) is 0 Å². The molecule has 1 fully saturated rings. The number of hydrogen-bond acceptors (Lipinski definition) is 4. The summed E-state index contributed by atoms with van der Waals surface area (Å²) in [7, 11) is 0. The molecule has 2 rings (SSSR count). The number of hydrogen-bond donors (Lipinski definition) is 0. The van der Waals surface area contributed by atoms with Gasteiger partial charge in [0.2, 0.25) is 0 Å². The first-order valence-electron chi connectivity index (χ1n) is 5.61. The van der Waals surface area contributed by atoms with Crippen molar-refractivity contribution in [3.8, 4) is 0 Å². The number of benzene rings is 1. The van der Waals surface area contributed by atoms with Crippen molar-refractivity contribution in [1.29, 1.82) is 0 Å². The summed E-state index contributed by atoms with van der Waals surface area (Å²) < 4.78 is 5.25. The first-order chi connectivity index (χ1) is 8.58. The Morgan fingerprint density at radius 3 is 2.89 bits per heavy atom. The molecule has 1 aromatic rings. The van der Waals surface area contributed by atoms with Crippen molar-refractivity contribution < 1.29 is 14.5 Å². The zero-order chi connectivity index (χ0) is 13.1. The number of nitro groups is 1. The molecule has 1 saturated heterocycles. The van der Waals surface area contributed by atoms with Crippen LogP contribution in [0.25, 0.3) is 0 Å². The highest BCUT2D eigenvalue weighted by atomic mass is 35.5. The van der Waals surface area contributed by atoms with Crippen molar-refractivity contribution in [1.82, 2.24) is 0 Å². The van der Waals surface area contributed by atoms with Crippen LogP contribution in [0.2, 0.25) is 5.02 Å². The Balaban J connectivity index is 2.14. The maximum atomic E-state index is 11.7. The van der Waals surface area contributed by atoms with Crippen LogP contribution in [0.4, 0.5) is 5.69 Å². The zero-order valence-corrected chi connectivity index (χ0v) is 10.4. The Kier molecular flexibility index (Phi) is 3.93. The van der Waals surface area contributed by atoms with E-state index >= 15 is 0 Å². The number of ether oxygens (including phenoxy) is 1. The Bertz CT molecular complexity index is 489. The fourth-order valence-electron chi connectivity index (χ4n) is 1.95. The highest BCUT2D eigenvalue weighted by Crippen LogP contribution is 2.26. The number of nitrogens with zero attached hydrogens (tertiary/aromatic N) is 1. The largest absolute Gasteiger partial charge is 0.380 e. The number of ketones is 1. The molecule has 0 amide bonds. The molecule has 5 nitrogen and oxygen atoms in total. The van der Waals surface area contributed by atoms with Crippen LogP contribution in [0, 0.1) is 16.0 Å². The van der Waals surface area contributed by atoms with E-state index in [2.05, 4.69) is 0 Å². The van der Waals surface area contributed by atoms with Gasteiger partial charge in [0.05, 0.1) is 23.2 Å². The van der Waals surface area contributed by atoms with Gasteiger partial charge in [-0.15, -0.1) is 0 Å². The van der Waals surface area contributed by atoms with Crippen molar-refractivity contribution in [2.45, 2.75) is 12.8 Å². The minimum absolute atomic E-state index is 0.0463. The van der Waals surface area contributed by atoms with Gasteiger partial charge in [-0.1, -0.05) is 17.7 Å². The molecular weight excluding hydrogens is 258 g/mol. The summed E-state index contributed by atoms with van der Waals surface area (Å²) in [6.45, 7) is 0.871. The van der Waals surface area contributed by atoms with Crippen molar-refractivity contribution >= 4 is 23.1 Å². The lowest BCUT2D eigenvalue weighted by Gasteiger charge is -2.21. The predicted octanol–water partition coefficient (Wildman–Crippen LogP) is 2.40. The summed E-state index contributed by atoms with van der Waals surface area (Å²) in [6, 6.07) is 4.31. The third-order valence-corrected chi connectivity index (χ3v) is 3.33. The molecule has 1 atom stereocenters. The van der Waals surface area contributed by atoms with E-state index in [1.54, 1.807) is 6.07 Å². The maximum absolute atomic E-state index is 11.7. The van der Waals surface area contributed by atoms with Crippen molar-refractivity contribution in [3.05, 3.63) is 38.9 Å². The van der Waals surface area contributed by atoms with Crippen LogP contribution in [0.1, 0.15) is 12.0 Å². The minimum atomic E-state index is -0.496. The third kappa shape index (κ3) is 2.86. The molecule has 1 unspecified atom stereocenters. The van der Waals surface area contributed by atoms with E-state index in [0.717, 1.165) is 5.56 Å². The summed E-state index contributed by atoms with van der Waals surface area (Å²) in [5, 5.41) is 10.9. The first-order valence-corrected chi connectivity index (χ1v) is 5.99. The summed E-state index contributed by atoms with van der Waals surface area (Å²) >= 11 is 5.98. The van der Waals surface area contributed by atoms with Gasteiger partial charge in [0.25, 0.3) is 5.69 Å². The molecule has 1 aromatic carbocycles. The van der Waals surface area contributed by atoms with E-state index in [-0.39, 0.29) is 17.4 Å². The highest BCUT2D eigenvalue weighted by Gasteiger charge is 2.24. The lowest BCUT2D eigenvalue weighted by Crippen LogP contribution is -2.29. The minimum Gasteiger partial charge on any atom is -0.380 e. The highest BCUT2D eigenvalue weighted by molar-refractivity contribution is 6.31. The van der Waals surface area contributed by atoms with Crippen LogP contribution in [-0.2, 0) is 16.0 Å². The number of non-ortho nitro benzene ring substituents is 1. The van der Waals surface area contributed by atoms with Crippen LogP contribution in [0.15, 0.2) is 18.2 Å². The second kappa shape index (κ2) is 5.46. The van der Waals surface area contributed by atoms with E-state index < -0.39 is 4.92 Å². The lowest BCUT2D eigenvalue weighted by molar-refractivity contribution is -0.384. The maximum Gasteiger partial charge on any atom is 0.270 e. The number of carbonyl (C=O) groups excluding carboxylic acids is 1. The van der Waals surface area contributed by atoms with E-state index in [9.17, 15) is 14.9 Å². The van der Waals surface area contributed by atoms with Crippen LogP contribution in [0.3, 0.4) is 0 Å². The molecule has 1 aliphatic rings. The van der Waals surface area contributed by atoms with Gasteiger partial charge in [-0.25, -0.2) is 0 Å². The van der Waals surface area contributed by atoms with Crippen LogP contribution in [-0.4, -0.2) is 23.9 Å². The Morgan fingerprint density at radius 2 is 2.28 bits per heavy atom. The lowest BCUT2D eigenvalue weighted by atomic mass is 9.93. The summed E-state index contributed by atoms with van der Waals surface area (Å²) in [5.74, 6) is -0.0339. The smallest absolute Gasteiger partial charge is 0.270 e. The molecule has 1 aliphatic heterocycles. The monoisotopic (exact) mass is 269 g/mol. The van der Waals surface area contributed by atoms with E-state index in [1.165, 1.54) is 12.1 Å². The van der Waals surface area contributed by atoms with Crippen LogP contribution >= 0.6 is 11.6 Å². The fraction of sp³-hybridized carbons (Fsp3) is 0.417. The van der Waals surface area contributed by atoms with Gasteiger partial charge in [0, 0.05) is 24.5 Å². The quantitative estimate of drug-likeness (QED) is 0.624. The third-order valence-electron chi connectivity index (χ3n) is 2.98. The average Bonchev–Trinajstić information content (AvgIpc) is 2.34. The molecule has 0 spiro atoms. The van der Waals surface area contributed by atoms with Gasteiger partial charge in [0.1, 0.15) is 5.78 Å². The Morgan fingerprint density at radius 1 is 1.50 bits per heavy atom. The molecule has 0 bridgehead atoms.